The van der Waals surface area contributed by atoms with Crippen molar-refractivity contribution in [1.82, 2.24) is 0 Å². The van der Waals surface area contributed by atoms with E-state index in [2.05, 4.69) is 6.92 Å². The zero-order valence-electron chi connectivity index (χ0n) is 13.2. The summed E-state index contributed by atoms with van der Waals surface area (Å²) >= 11 is 0. The number of hydrogen-bond acceptors (Lipinski definition) is 3. The van der Waals surface area contributed by atoms with Crippen LogP contribution in [0.1, 0.15) is 51.2 Å². The van der Waals surface area contributed by atoms with Crippen LogP contribution in [0.25, 0.3) is 6.08 Å². The lowest BCUT2D eigenvalue weighted by molar-refractivity contribution is -0.384. The minimum atomic E-state index is -0.410. The number of hydrogen-bond donors (Lipinski definition) is 0. The summed E-state index contributed by atoms with van der Waals surface area (Å²) in [4.78, 5) is 22.8. The van der Waals surface area contributed by atoms with E-state index in [4.69, 9.17) is 0 Å². The fourth-order valence-electron chi connectivity index (χ4n) is 2.09. The fraction of sp³-hybridized carbons (Fsp3) is 0.471. The van der Waals surface area contributed by atoms with E-state index in [1.165, 1.54) is 12.1 Å². The first-order valence-corrected chi connectivity index (χ1v) is 7.36. The van der Waals surface area contributed by atoms with Gasteiger partial charge in [0.25, 0.3) is 5.69 Å². The van der Waals surface area contributed by atoms with Crippen molar-refractivity contribution >= 4 is 17.5 Å². The molecule has 1 aromatic rings. The highest BCUT2D eigenvalue weighted by molar-refractivity contribution is 6.00. The molecule has 0 aliphatic heterocycles. The van der Waals surface area contributed by atoms with Crippen LogP contribution in [0, 0.1) is 23.0 Å². The molecule has 0 unspecified atom stereocenters. The number of nitrogens with zero attached hydrogens (tertiary/aromatic N) is 1. The van der Waals surface area contributed by atoms with Gasteiger partial charge < -0.3 is 0 Å². The predicted molar refractivity (Wildman–Crippen MR) is 85.2 cm³/mol. The van der Waals surface area contributed by atoms with Crippen LogP contribution in [0.2, 0.25) is 0 Å². The van der Waals surface area contributed by atoms with Gasteiger partial charge in [-0.1, -0.05) is 33.3 Å². The van der Waals surface area contributed by atoms with E-state index in [0.717, 1.165) is 36.0 Å². The Morgan fingerprint density at radius 1 is 1.38 bits per heavy atom. The van der Waals surface area contributed by atoms with Gasteiger partial charge in [-0.3, -0.25) is 14.9 Å². The van der Waals surface area contributed by atoms with E-state index in [1.54, 1.807) is 6.07 Å². The zero-order valence-corrected chi connectivity index (χ0v) is 13.2. The predicted octanol–water partition coefficient (Wildman–Crippen LogP) is 4.70. The maximum absolute atomic E-state index is 12.3. The van der Waals surface area contributed by atoms with Gasteiger partial charge in [-0.2, -0.15) is 0 Å². The van der Waals surface area contributed by atoms with E-state index in [-0.39, 0.29) is 17.4 Å². The fourth-order valence-corrected chi connectivity index (χ4v) is 2.09. The highest BCUT2D eigenvalue weighted by atomic mass is 16.6. The molecule has 0 heterocycles. The largest absolute Gasteiger partial charge is 0.294 e. The Hall–Kier alpha value is -1.97. The molecule has 0 saturated heterocycles. The van der Waals surface area contributed by atoms with Gasteiger partial charge in [0.05, 0.1) is 4.92 Å². The van der Waals surface area contributed by atoms with Crippen LogP contribution < -0.4 is 0 Å². The van der Waals surface area contributed by atoms with Gasteiger partial charge in [0, 0.05) is 18.1 Å². The highest BCUT2D eigenvalue weighted by Crippen LogP contribution is 2.23. The van der Waals surface area contributed by atoms with Crippen molar-refractivity contribution in [2.45, 2.75) is 47.0 Å². The number of ketones is 1. The first-order chi connectivity index (χ1) is 9.86. The molecule has 1 aromatic carbocycles. The van der Waals surface area contributed by atoms with Crippen molar-refractivity contribution in [3.63, 3.8) is 0 Å². The van der Waals surface area contributed by atoms with E-state index >= 15 is 0 Å². The molecule has 0 bridgehead atoms. The summed E-state index contributed by atoms with van der Waals surface area (Å²) in [6.07, 6.45) is 4.49. The van der Waals surface area contributed by atoms with Crippen LogP contribution >= 0.6 is 0 Å². The number of aryl methyl sites for hydroxylation is 1. The van der Waals surface area contributed by atoms with Crippen molar-refractivity contribution in [1.29, 1.82) is 0 Å². The average molecular weight is 289 g/mol. The molecule has 0 spiro atoms. The summed E-state index contributed by atoms with van der Waals surface area (Å²) in [7, 11) is 0. The van der Waals surface area contributed by atoms with Crippen LogP contribution in [0.15, 0.2) is 23.8 Å². The van der Waals surface area contributed by atoms with Gasteiger partial charge in [0.15, 0.2) is 5.78 Å². The third-order valence-electron chi connectivity index (χ3n) is 3.44. The smallest absolute Gasteiger partial charge is 0.270 e. The molecule has 0 aliphatic rings. The molecule has 4 nitrogen and oxygen atoms in total. The Balaban J connectivity index is 3.22. The zero-order chi connectivity index (χ0) is 16.0. The number of nitro groups is 1. The first-order valence-electron chi connectivity index (χ1n) is 7.36. The molecule has 0 aliphatic carbocycles. The summed E-state index contributed by atoms with van der Waals surface area (Å²) in [5.41, 5.74) is 2.50. The lowest BCUT2D eigenvalue weighted by atomic mass is 9.93. The molecule has 0 fully saturated rings. The minimum absolute atomic E-state index is 0.0543. The van der Waals surface area contributed by atoms with Crippen molar-refractivity contribution in [2.24, 2.45) is 5.92 Å². The first kappa shape index (κ1) is 17.1. The molecular weight excluding hydrogens is 266 g/mol. The van der Waals surface area contributed by atoms with Gasteiger partial charge in [-0.15, -0.1) is 0 Å². The van der Waals surface area contributed by atoms with Crippen molar-refractivity contribution in [3.05, 3.63) is 45.0 Å². The number of unbranched alkanes of at least 4 members (excludes halogenated alkanes) is 1. The summed E-state index contributed by atoms with van der Waals surface area (Å²) < 4.78 is 0. The van der Waals surface area contributed by atoms with Gasteiger partial charge in [-0.25, -0.2) is 0 Å². The second kappa shape index (κ2) is 7.72. The lowest BCUT2D eigenvalue weighted by Crippen LogP contribution is -2.10. The number of Topliss-reactive ketones (excluding diaryl/α,β-unsaturated/α-hetero) is 1. The summed E-state index contributed by atoms with van der Waals surface area (Å²) in [6.45, 7) is 7.73. The van der Waals surface area contributed by atoms with Gasteiger partial charge in [0.2, 0.25) is 0 Å². The van der Waals surface area contributed by atoms with Crippen molar-refractivity contribution in [2.75, 3.05) is 0 Å². The topological polar surface area (TPSA) is 60.2 Å². The number of nitro benzene ring substituents is 1. The SMILES string of the molecule is CCCC/C(=C\c1cc([N+](=O)[O-])ccc1C)C(=O)C(C)C. The maximum atomic E-state index is 12.3. The molecule has 114 valence electrons. The van der Waals surface area contributed by atoms with Crippen LogP contribution in [-0.4, -0.2) is 10.7 Å². The quantitative estimate of drug-likeness (QED) is 0.415. The normalized spacial score (nSPS) is 11.8. The number of carbonyl (C=O) groups is 1. The van der Waals surface area contributed by atoms with E-state index in [0.29, 0.717) is 0 Å². The van der Waals surface area contributed by atoms with Gasteiger partial charge in [0.1, 0.15) is 0 Å². The number of allylic oxidation sites excluding steroid dienone is 1. The number of benzene rings is 1. The Bertz CT molecular complexity index is 559. The molecule has 0 saturated carbocycles. The standard InChI is InChI=1S/C17H23NO3/c1-5-6-7-14(17(19)12(2)3)10-15-11-16(18(20)21)9-8-13(15)4/h8-12H,5-7H2,1-4H3/b14-10+. The third kappa shape index (κ3) is 4.81. The molecule has 0 atom stereocenters. The highest BCUT2D eigenvalue weighted by Gasteiger charge is 2.15. The minimum Gasteiger partial charge on any atom is -0.294 e. The molecule has 21 heavy (non-hydrogen) atoms. The van der Waals surface area contributed by atoms with E-state index < -0.39 is 4.92 Å². The molecule has 0 aromatic heterocycles. The van der Waals surface area contributed by atoms with Crippen molar-refractivity contribution in [3.8, 4) is 0 Å². The Kier molecular flexibility index (Phi) is 6.28. The van der Waals surface area contributed by atoms with Crippen LogP contribution in [0.3, 0.4) is 0 Å². The van der Waals surface area contributed by atoms with Gasteiger partial charge >= 0.3 is 0 Å². The molecule has 1 rings (SSSR count). The van der Waals surface area contributed by atoms with Crippen molar-refractivity contribution < 1.29 is 9.72 Å². The monoisotopic (exact) mass is 289 g/mol. The second-order valence-corrected chi connectivity index (χ2v) is 5.59. The molecule has 0 radical (unpaired) electrons. The molecular formula is C17H23NO3. The second-order valence-electron chi connectivity index (χ2n) is 5.59. The maximum Gasteiger partial charge on any atom is 0.270 e. The summed E-state index contributed by atoms with van der Waals surface area (Å²) in [5, 5.41) is 10.9. The molecule has 0 N–H and O–H groups in total. The Morgan fingerprint density at radius 2 is 2.05 bits per heavy atom. The average Bonchev–Trinajstić information content (AvgIpc) is 2.44. The van der Waals surface area contributed by atoms with Crippen LogP contribution in [0.5, 0.6) is 0 Å². The number of rotatable bonds is 7. The Morgan fingerprint density at radius 3 is 2.57 bits per heavy atom. The summed E-state index contributed by atoms with van der Waals surface area (Å²) in [6, 6.07) is 4.75. The molecule has 4 heteroatoms. The van der Waals surface area contributed by atoms with Gasteiger partial charge in [-0.05, 0) is 42.5 Å². The summed E-state index contributed by atoms with van der Waals surface area (Å²) in [5.74, 6) is 0.0569. The third-order valence-corrected chi connectivity index (χ3v) is 3.44. The molecule has 0 amide bonds. The Labute approximate surface area is 126 Å². The number of non-ortho nitro benzene ring substituents is 1. The van der Waals surface area contributed by atoms with E-state index in [1.807, 2.05) is 26.8 Å². The lowest BCUT2D eigenvalue weighted by Gasteiger charge is -2.10. The number of carbonyl (C=O) groups excluding carboxylic acids is 1. The van der Waals surface area contributed by atoms with E-state index in [9.17, 15) is 14.9 Å². The van der Waals surface area contributed by atoms with Crippen LogP contribution in [-0.2, 0) is 4.79 Å². The van der Waals surface area contributed by atoms with Crippen LogP contribution in [0.4, 0.5) is 5.69 Å².